The van der Waals surface area contributed by atoms with Gasteiger partial charge in [0.05, 0.1) is 35.5 Å². The Hall–Kier alpha value is -3.36. The van der Waals surface area contributed by atoms with Crippen LogP contribution in [0.15, 0.2) is 40.9 Å². The van der Waals surface area contributed by atoms with E-state index in [1.54, 1.807) is 0 Å². The van der Waals surface area contributed by atoms with Crippen molar-refractivity contribution in [2.45, 2.75) is 83.2 Å². The largest absolute Gasteiger partial charge is 0.493 e. The van der Waals surface area contributed by atoms with Gasteiger partial charge in [0.1, 0.15) is 23.6 Å². The molecule has 2 fully saturated rings. The molecule has 204 valence electrons. The van der Waals surface area contributed by atoms with Crippen molar-refractivity contribution in [3.05, 3.63) is 59.2 Å². The number of benzene rings is 2. The molecule has 0 radical (unpaired) electrons. The fourth-order valence-corrected chi connectivity index (χ4v) is 7.06. The molecule has 8 heteroatoms. The average molecular weight is 529 g/mol. The fourth-order valence-electron chi connectivity index (χ4n) is 7.06. The molecule has 7 rings (SSSR count). The number of aliphatic hydroxyl groups is 1. The minimum absolute atomic E-state index is 0.0181. The van der Waals surface area contributed by atoms with Crippen LogP contribution >= 0.6 is 0 Å². The van der Waals surface area contributed by atoms with Crippen LogP contribution in [0.1, 0.15) is 73.5 Å². The van der Waals surface area contributed by atoms with E-state index < -0.39 is 6.23 Å². The van der Waals surface area contributed by atoms with E-state index in [0.29, 0.717) is 18.6 Å². The first-order valence-corrected chi connectivity index (χ1v) is 14.2. The first kappa shape index (κ1) is 24.7. The van der Waals surface area contributed by atoms with Crippen molar-refractivity contribution < 1.29 is 19.1 Å². The summed E-state index contributed by atoms with van der Waals surface area (Å²) in [5.41, 5.74) is 7.35. The summed E-state index contributed by atoms with van der Waals surface area (Å²) in [7, 11) is 1.82. The Morgan fingerprint density at radius 3 is 2.62 bits per heavy atom. The Morgan fingerprint density at radius 2 is 1.85 bits per heavy atom. The Morgan fingerprint density at radius 1 is 1.00 bits per heavy atom. The van der Waals surface area contributed by atoms with Crippen LogP contribution in [0.3, 0.4) is 0 Å². The molecule has 2 aromatic carbocycles. The summed E-state index contributed by atoms with van der Waals surface area (Å²) in [6.45, 7) is 4.66. The molecule has 4 heterocycles. The molecule has 2 atom stereocenters. The van der Waals surface area contributed by atoms with E-state index in [9.17, 15) is 5.11 Å². The molecule has 1 saturated carbocycles. The Kier molecular flexibility index (Phi) is 6.12. The minimum Gasteiger partial charge on any atom is -0.493 e. The third-order valence-electron chi connectivity index (χ3n) is 9.01. The summed E-state index contributed by atoms with van der Waals surface area (Å²) in [5.74, 6) is 2.81. The summed E-state index contributed by atoms with van der Waals surface area (Å²) >= 11 is 0. The van der Waals surface area contributed by atoms with Crippen molar-refractivity contribution in [2.24, 2.45) is 0 Å². The summed E-state index contributed by atoms with van der Waals surface area (Å²) in [5, 5.41) is 15.4. The van der Waals surface area contributed by atoms with Gasteiger partial charge in [-0.15, -0.1) is 0 Å². The van der Waals surface area contributed by atoms with E-state index in [1.165, 1.54) is 5.56 Å². The lowest BCUT2D eigenvalue weighted by Gasteiger charge is -2.34. The SMILES string of the molecule is CO[C@H]1CC[C@H](n2c([C@@H]3CCC(O)N3c3ccc4c(c3)CCO4)nc3cc(-c4c(C)noc4C)ccc32)CC1. The number of aliphatic hydroxyl groups excluding tert-OH is 1. The lowest BCUT2D eigenvalue weighted by Crippen LogP contribution is -2.33. The minimum atomic E-state index is -0.550. The maximum atomic E-state index is 11.2. The Labute approximate surface area is 228 Å². The van der Waals surface area contributed by atoms with E-state index in [0.717, 1.165) is 96.0 Å². The van der Waals surface area contributed by atoms with E-state index >= 15 is 0 Å². The molecule has 1 N–H and O–H groups in total. The Balaban J connectivity index is 1.34. The standard InChI is InChI=1S/C31H36N4O4/c1-18-30(19(2)39-33-18)21-4-10-26-25(17-21)32-31(35(26)22-5-8-24(37-3)9-6-22)27-11-13-29(36)34(27)23-7-12-28-20(16-23)14-15-38-28/h4,7,10,12,16-17,22,24,27,29,36H,5-6,8-9,11,13-15H2,1-3H3/t22-,24-,27-,29?/m0/s1. The van der Waals surface area contributed by atoms with Crippen molar-refractivity contribution >= 4 is 16.7 Å². The van der Waals surface area contributed by atoms with Gasteiger partial charge in [0, 0.05) is 30.8 Å². The van der Waals surface area contributed by atoms with Crippen molar-refractivity contribution in [1.29, 1.82) is 0 Å². The summed E-state index contributed by atoms with van der Waals surface area (Å²) in [4.78, 5) is 7.50. The van der Waals surface area contributed by atoms with E-state index in [-0.39, 0.29) is 6.04 Å². The second-order valence-electron chi connectivity index (χ2n) is 11.3. The van der Waals surface area contributed by atoms with Crippen LogP contribution in [0.4, 0.5) is 5.69 Å². The van der Waals surface area contributed by atoms with Gasteiger partial charge in [-0.25, -0.2) is 4.98 Å². The average Bonchev–Trinajstić information content (AvgIpc) is 3.73. The third kappa shape index (κ3) is 4.12. The first-order chi connectivity index (χ1) is 19.0. The molecule has 2 aliphatic heterocycles. The van der Waals surface area contributed by atoms with Gasteiger partial charge in [-0.3, -0.25) is 0 Å². The van der Waals surface area contributed by atoms with Crippen molar-refractivity contribution in [1.82, 2.24) is 14.7 Å². The molecule has 1 saturated heterocycles. The van der Waals surface area contributed by atoms with Crippen LogP contribution in [-0.4, -0.2) is 45.9 Å². The lowest BCUT2D eigenvalue weighted by atomic mass is 9.92. The number of ether oxygens (including phenoxy) is 2. The number of anilines is 1. The molecule has 0 bridgehead atoms. The molecule has 39 heavy (non-hydrogen) atoms. The second kappa shape index (κ2) is 9.68. The number of aryl methyl sites for hydroxylation is 2. The number of fused-ring (bicyclic) bond motifs is 2. The van der Waals surface area contributed by atoms with Gasteiger partial charge in [0.25, 0.3) is 0 Å². The van der Waals surface area contributed by atoms with Crippen LogP contribution < -0.4 is 9.64 Å². The van der Waals surface area contributed by atoms with Crippen molar-refractivity contribution in [2.75, 3.05) is 18.6 Å². The molecule has 0 amide bonds. The van der Waals surface area contributed by atoms with Gasteiger partial charge in [-0.2, -0.15) is 0 Å². The van der Waals surface area contributed by atoms with Crippen LogP contribution in [-0.2, 0) is 11.2 Å². The highest BCUT2D eigenvalue weighted by Crippen LogP contribution is 2.44. The summed E-state index contributed by atoms with van der Waals surface area (Å²) in [6.07, 6.45) is 6.42. The fraction of sp³-hybridized carbons (Fsp3) is 0.484. The highest BCUT2D eigenvalue weighted by molar-refractivity contribution is 5.84. The zero-order valence-electron chi connectivity index (χ0n) is 22.9. The molecule has 2 aromatic heterocycles. The molecule has 4 aromatic rings. The van der Waals surface area contributed by atoms with Crippen LogP contribution in [0.25, 0.3) is 22.2 Å². The quantitative estimate of drug-likeness (QED) is 0.338. The van der Waals surface area contributed by atoms with Gasteiger partial charge in [-0.1, -0.05) is 11.2 Å². The molecule has 8 nitrogen and oxygen atoms in total. The molecular weight excluding hydrogens is 492 g/mol. The van der Waals surface area contributed by atoms with Gasteiger partial charge in [-0.05, 0) is 93.8 Å². The number of hydrogen-bond donors (Lipinski definition) is 1. The van der Waals surface area contributed by atoms with Gasteiger partial charge < -0.3 is 28.6 Å². The lowest BCUT2D eigenvalue weighted by molar-refractivity contribution is 0.0584. The monoisotopic (exact) mass is 528 g/mol. The normalized spacial score (nSPS) is 24.9. The molecule has 0 spiro atoms. The number of aromatic nitrogens is 3. The number of methoxy groups -OCH3 is 1. The molecule has 1 aliphatic carbocycles. The zero-order chi connectivity index (χ0) is 26.7. The van der Waals surface area contributed by atoms with Gasteiger partial charge >= 0.3 is 0 Å². The van der Waals surface area contributed by atoms with Gasteiger partial charge in [0.2, 0.25) is 0 Å². The maximum Gasteiger partial charge on any atom is 0.141 e. The van der Waals surface area contributed by atoms with Crippen molar-refractivity contribution in [3.63, 3.8) is 0 Å². The number of hydrogen-bond acceptors (Lipinski definition) is 7. The molecule has 3 aliphatic rings. The third-order valence-corrected chi connectivity index (χ3v) is 9.01. The van der Waals surface area contributed by atoms with Crippen LogP contribution in [0, 0.1) is 13.8 Å². The predicted molar refractivity (Wildman–Crippen MR) is 149 cm³/mol. The number of imidazole rings is 1. The predicted octanol–water partition coefficient (Wildman–Crippen LogP) is 6.03. The molecular formula is C31H36N4O4. The zero-order valence-corrected chi connectivity index (χ0v) is 22.9. The van der Waals surface area contributed by atoms with Gasteiger partial charge in [0.15, 0.2) is 0 Å². The van der Waals surface area contributed by atoms with Crippen LogP contribution in [0.2, 0.25) is 0 Å². The van der Waals surface area contributed by atoms with Crippen LogP contribution in [0.5, 0.6) is 5.75 Å². The summed E-state index contributed by atoms with van der Waals surface area (Å²) < 4.78 is 19.4. The molecule has 1 unspecified atom stereocenters. The highest BCUT2D eigenvalue weighted by atomic mass is 16.5. The van der Waals surface area contributed by atoms with Crippen molar-refractivity contribution in [3.8, 4) is 16.9 Å². The van der Waals surface area contributed by atoms with E-state index in [1.807, 2.05) is 27.0 Å². The van der Waals surface area contributed by atoms with E-state index in [4.69, 9.17) is 19.0 Å². The number of nitrogens with zero attached hydrogens (tertiary/aromatic N) is 4. The smallest absolute Gasteiger partial charge is 0.141 e. The second-order valence-corrected chi connectivity index (χ2v) is 11.3. The topological polar surface area (TPSA) is 85.8 Å². The van der Waals surface area contributed by atoms with E-state index in [2.05, 4.69) is 45.0 Å². The number of rotatable bonds is 5. The maximum absolute atomic E-state index is 11.2. The highest BCUT2D eigenvalue weighted by Gasteiger charge is 2.38. The first-order valence-electron chi connectivity index (χ1n) is 14.2. The summed E-state index contributed by atoms with van der Waals surface area (Å²) in [6, 6.07) is 13.2. The Bertz CT molecular complexity index is 1500.